The molecular weight excluding hydrogens is 472 g/mol. The van der Waals surface area contributed by atoms with Crippen molar-refractivity contribution >= 4 is 52.4 Å². The van der Waals surface area contributed by atoms with E-state index in [1.165, 1.54) is 18.2 Å². The molecule has 0 bridgehead atoms. The topological polar surface area (TPSA) is 76.6 Å². The molecule has 8 heteroatoms. The van der Waals surface area contributed by atoms with Gasteiger partial charge in [-0.2, -0.15) is 0 Å². The van der Waals surface area contributed by atoms with Crippen molar-refractivity contribution in [2.45, 2.75) is 16.7 Å². The molecule has 0 saturated carbocycles. The Balaban J connectivity index is 1.46. The number of furan rings is 1. The number of anilines is 2. The molecule has 6 nitrogen and oxygen atoms in total. The van der Waals surface area contributed by atoms with Crippen LogP contribution in [0.2, 0.25) is 5.02 Å². The molecule has 1 aliphatic heterocycles. The van der Waals surface area contributed by atoms with Crippen LogP contribution in [0.3, 0.4) is 0 Å². The van der Waals surface area contributed by atoms with Gasteiger partial charge >= 0.3 is 0 Å². The van der Waals surface area contributed by atoms with E-state index in [-0.39, 0.29) is 11.6 Å². The lowest BCUT2D eigenvalue weighted by molar-refractivity contribution is -0.384. The Hall–Kier alpha value is -3.81. The van der Waals surface area contributed by atoms with Gasteiger partial charge in [-0.15, -0.1) is 0 Å². The van der Waals surface area contributed by atoms with Crippen molar-refractivity contribution in [3.8, 4) is 11.3 Å². The van der Waals surface area contributed by atoms with E-state index in [0.29, 0.717) is 22.1 Å². The minimum absolute atomic E-state index is 0.0109. The largest absolute Gasteiger partial charge is 0.457 e. The molecule has 0 spiro atoms. The summed E-state index contributed by atoms with van der Waals surface area (Å²) in [5.41, 5.74) is 2.97. The maximum absolute atomic E-state index is 13.3. The van der Waals surface area contributed by atoms with Crippen LogP contribution in [0.1, 0.15) is 11.3 Å². The summed E-state index contributed by atoms with van der Waals surface area (Å²) in [5, 5.41) is 11.7. The molecule has 0 fully saturated rings. The van der Waals surface area contributed by atoms with Crippen molar-refractivity contribution in [3.63, 3.8) is 0 Å². The van der Waals surface area contributed by atoms with Crippen LogP contribution >= 0.6 is 23.4 Å². The summed E-state index contributed by atoms with van der Waals surface area (Å²) in [6.45, 7) is 1.86. The van der Waals surface area contributed by atoms with Crippen LogP contribution in [-0.4, -0.2) is 10.8 Å². The highest BCUT2D eigenvalue weighted by atomic mass is 35.5. The Kier molecular flexibility index (Phi) is 5.73. The Morgan fingerprint density at radius 1 is 1.03 bits per heavy atom. The van der Waals surface area contributed by atoms with Gasteiger partial charge in [0.25, 0.3) is 11.6 Å². The predicted molar refractivity (Wildman–Crippen MR) is 134 cm³/mol. The third-order valence-electron chi connectivity index (χ3n) is 5.42. The highest BCUT2D eigenvalue weighted by molar-refractivity contribution is 7.99. The molecule has 1 aliphatic rings. The van der Waals surface area contributed by atoms with Gasteiger partial charge in [0.05, 0.1) is 16.3 Å². The summed E-state index contributed by atoms with van der Waals surface area (Å²) in [6.07, 6.45) is 3.04. The van der Waals surface area contributed by atoms with Gasteiger partial charge < -0.3 is 4.42 Å². The van der Waals surface area contributed by atoms with Gasteiger partial charge in [-0.25, -0.2) is 0 Å². The minimum atomic E-state index is -0.440. The number of rotatable bonds is 4. The number of nitrogens with zero attached hydrogens (tertiary/aromatic N) is 2. The maximum Gasteiger partial charge on any atom is 0.270 e. The Morgan fingerprint density at radius 3 is 2.65 bits per heavy atom. The molecule has 0 atom stereocenters. The van der Waals surface area contributed by atoms with Crippen LogP contribution in [0, 0.1) is 17.0 Å². The molecule has 34 heavy (non-hydrogen) atoms. The first-order valence-corrected chi connectivity index (χ1v) is 11.5. The lowest BCUT2D eigenvalue weighted by atomic mass is 10.1. The lowest BCUT2D eigenvalue weighted by Crippen LogP contribution is -2.26. The number of benzene rings is 3. The van der Waals surface area contributed by atoms with E-state index in [2.05, 4.69) is 0 Å². The molecular formula is C26H17ClN2O4S. The van der Waals surface area contributed by atoms with Crippen molar-refractivity contribution in [1.29, 1.82) is 0 Å². The third kappa shape index (κ3) is 4.11. The van der Waals surface area contributed by atoms with Gasteiger partial charge in [-0.05, 0) is 61.0 Å². The fourth-order valence-electron chi connectivity index (χ4n) is 3.77. The number of nitro benzene ring substituents is 1. The molecule has 2 heterocycles. The quantitative estimate of drug-likeness (QED) is 0.167. The first-order valence-electron chi connectivity index (χ1n) is 10.3. The Bertz CT molecular complexity index is 1480. The number of fused-ring (bicyclic) bond motifs is 2. The summed E-state index contributed by atoms with van der Waals surface area (Å²) in [4.78, 5) is 27.6. The van der Waals surface area contributed by atoms with Crippen molar-refractivity contribution in [3.05, 3.63) is 105 Å². The maximum atomic E-state index is 13.3. The second-order valence-electron chi connectivity index (χ2n) is 7.65. The molecule has 4 aromatic rings. The molecule has 0 radical (unpaired) electrons. The first-order chi connectivity index (χ1) is 16.4. The smallest absolute Gasteiger partial charge is 0.270 e. The molecule has 3 aromatic carbocycles. The highest BCUT2D eigenvalue weighted by Crippen LogP contribution is 2.48. The van der Waals surface area contributed by atoms with Crippen LogP contribution in [0.4, 0.5) is 17.1 Å². The second kappa shape index (κ2) is 8.85. The minimum Gasteiger partial charge on any atom is -0.457 e. The standard InChI is InChI=1S/C26H17ClN2O4S/c1-16-6-8-18(29(31)32)15-20(16)23-11-9-19(33-23)10-13-26(30)28-21-4-2-3-5-24(21)34-25-12-7-17(27)14-22(25)28/h2-15H,1H3/b13-10+. The van der Waals surface area contributed by atoms with E-state index in [0.717, 1.165) is 26.7 Å². The SMILES string of the molecule is Cc1ccc([N+](=O)[O-])cc1-c1ccc(/C=C/C(=O)N2c3ccccc3Sc3ccc(Cl)cc32)o1. The summed E-state index contributed by atoms with van der Waals surface area (Å²) in [7, 11) is 0. The van der Waals surface area contributed by atoms with Crippen molar-refractivity contribution < 1.29 is 14.1 Å². The third-order valence-corrected chi connectivity index (χ3v) is 6.79. The number of non-ortho nitro benzene ring substituents is 1. The normalized spacial score (nSPS) is 12.5. The van der Waals surface area contributed by atoms with Gasteiger partial charge in [0, 0.05) is 38.6 Å². The lowest BCUT2D eigenvalue weighted by Gasteiger charge is -2.30. The highest BCUT2D eigenvalue weighted by Gasteiger charge is 2.27. The average molecular weight is 489 g/mol. The predicted octanol–water partition coefficient (Wildman–Crippen LogP) is 7.66. The van der Waals surface area contributed by atoms with E-state index in [9.17, 15) is 14.9 Å². The monoisotopic (exact) mass is 488 g/mol. The van der Waals surface area contributed by atoms with Crippen molar-refractivity contribution in [1.82, 2.24) is 0 Å². The summed E-state index contributed by atoms with van der Waals surface area (Å²) < 4.78 is 5.88. The number of carbonyl (C=O) groups is 1. The van der Waals surface area contributed by atoms with Gasteiger partial charge in [-0.3, -0.25) is 19.8 Å². The zero-order valence-corrected chi connectivity index (χ0v) is 19.5. The van der Waals surface area contributed by atoms with Crippen LogP contribution in [0.15, 0.2) is 93.1 Å². The van der Waals surface area contributed by atoms with Gasteiger partial charge in [-0.1, -0.05) is 41.6 Å². The fourth-order valence-corrected chi connectivity index (χ4v) is 4.97. The van der Waals surface area contributed by atoms with Crippen molar-refractivity contribution in [2.75, 3.05) is 4.90 Å². The van der Waals surface area contributed by atoms with Crippen LogP contribution < -0.4 is 4.90 Å². The van der Waals surface area contributed by atoms with E-state index in [4.69, 9.17) is 16.0 Å². The van der Waals surface area contributed by atoms with Gasteiger partial charge in [0.2, 0.25) is 0 Å². The van der Waals surface area contributed by atoms with Crippen LogP contribution in [-0.2, 0) is 4.79 Å². The summed E-state index contributed by atoms with van der Waals surface area (Å²) in [6, 6.07) is 21.3. The van der Waals surface area contributed by atoms with Gasteiger partial charge in [0.1, 0.15) is 11.5 Å². The summed E-state index contributed by atoms with van der Waals surface area (Å²) in [5.74, 6) is 0.700. The first kappa shape index (κ1) is 22.0. The number of para-hydroxylation sites is 1. The van der Waals surface area contributed by atoms with E-state index >= 15 is 0 Å². The molecule has 0 saturated heterocycles. The molecule has 1 amide bonds. The molecule has 0 unspecified atom stereocenters. The van der Waals surface area contributed by atoms with E-state index in [1.54, 1.807) is 53.1 Å². The van der Waals surface area contributed by atoms with Crippen molar-refractivity contribution in [2.24, 2.45) is 0 Å². The zero-order chi connectivity index (χ0) is 23.8. The molecule has 0 N–H and O–H groups in total. The van der Waals surface area contributed by atoms with Crippen LogP contribution in [0.25, 0.3) is 17.4 Å². The number of hydrogen-bond acceptors (Lipinski definition) is 5. The number of aryl methyl sites for hydroxylation is 1. The Labute approximate surface area is 204 Å². The number of carbonyl (C=O) groups excluding carboxylic acids is 1. The molecule has 0 aliphatic carbocycles. The average Bonchev–Trinajstić information content (AvgIpc) is 3.30. The number of halogens is 1. The molecule has 1 aromatic heterocycles. The summed E-state index contributed by atoms with van der Waals surface area (Å²) >= 11 is 7.82. The number of amides is 1. The number of nitro groups is 1. The number of hydrogen-bond donors (Lipinski definition) is 0. The molecule has 5 rings (SSSR count). The Morgan fingerprint density at radius 2 is 1.82 bits per heavy atom. The zero-order valence-electron chi connectivity index (χ0n) is 17.9. The van der Waals surface area contributed by atoms with Crippen LogP contribution in [0.5, 0.6) is 0 Å². The second-order valence-corrected chi connectivity index (χ2v) is 9.17. The fraction of sp³-hybridized carbons (Fsp3) is 0.0385. The van der Waals surface area contributed by atoms with E-state index in [1.807, 2.05) is 37.3 Å². The molecule has 168 valence electrons. The van der Waals surface area contributed by atoms with E-state index < -0.39 is 4.92 Å². The van der Waals surface area contributed by atoms with Gasteiger partial charge in [0.15, 0.2) is 0 Å².